The number of nitrogens with zero attached hydrogens (tertiary/aromatic N) is 1. The van der Waals surface area contributed by atoms with Gasteiger partial charge >= 0.3 is 0 Å². The Morgan fingerprint density at radius 2 is 2.12 bits per heavy atom. The van der Waals surface area contributed by atoms with E-state index in [0.29, 0.717) is 5.88 Å². The van der Waals surface area contributed by atoms with Crippen LogP contribution >= 0.6 is 11.6 Å². The highest BCUT2D eigenvalue weighted by Crippen LogP contribution is 2.17. The summed E-state index contributed by atoms with van der Waals surface area (Å²) in [6.45, 7) is 1.72. The van der Waals surface area contributed by atoms with Crippen LogP contribution in [0, 0.1) is 5.82 Å². The number of hydrogen-bond donors (Lipinski definition) is 0. The maximum absolute atomic E-state index is 13.4. The number of likely N-dealkylation sites (N-methyl/N-ethyl adjacent to an activating group) is 1. The zero-order valence-corrected chi connectivity index (χ0v) is 10.4. The zero-order chi connectivity index (χ0) is 12.0. The molecule has 0 fully saturated rings. The molecule has 16 heavy (non-hydrogen) atoms. The van der Waals surface area contributed by atoms with E-state index in [0.717, 1.165) is 25.1 Å². The summed E-state index contributed by atoms with van der Waals surface area (Å²) in [7, 11) is 3.47. The molecule has 0 N–H and O–H groups in total. The third-order valence-electron chi connectivity index (χ3n) is 2.46. The van der Waals surface area contributed by atoms with Gasteiger partial charge in [0.2, 0.25) is 0 Å². The molecule has 0 spiro atoms. The number of rotatable bonds is 6. The number of hydrogen-bond acceptors (Lipinski definition) is 2. The number of ether oxygens (including phenoxy) is 1. The van der Waals surface area contributed by atoms with Crippen molar-refractivity contribution in [2.24, 2.45) is 0 Å². The Bertz CT molecular complexity index is 333. The maximum Gasteiger partial charge on any atom is 0.165 e. The summed E-state index contributed by atoms with van der Waals surface area (Å²) in [5.41, 5.74) is 0.972. The summed E-state index contributed by atoms with van der Waals surface area (Å²) in [5.74, 6) is 0.603. The van der Waals surface area contributed by atoms with E-state index in [1.807, 2.05) is 13.1 Å². The van der Waals surface area contributed by atoms with E-state index in [1.165, 1.54) is 13.2 Å². The van der Waals surface area contributed by atoms with Crippen LogP contribution in [0.25, 0.3) is 0 Å². The van der Waals surface area contributed by atoms with Gasteiger partial charge in [0.1, 0.15) is 0 Å². The summed E-state index contributed by atoms with van der Waals surface area (Å²) in [6, 6.07) is 5.07. The second-order valence-electron chi connectivity index (χ2n) is 3.71. The molecule has 0 bridgehead atoms. The van der Waals surface area contributed by atoms with Crippen LogP contribution in [0.2, 0.25) is 0 Å². The highest BCUT2D eigenvalue weighted by molar-refractivity contribution is 6.18. The molecule has 0 radical (unpaired) electrons. The lowest BCUT2D eigenvalue weighted by Crippen LogP contribution is -2.23. The Hall–Kier alpha value is -0.800. The second-order valence-corrected chi connectivity index (χ2v) is 4.09. The molecular weight excluding hydrogens is 229 g/mol. The van der Waals surface area contributed by atoms with Crippen molar-refractivity contribution in [3.8, 4) is 5.75 Å². The van der Waals surface area contributed by atoms with Gasteiger partial charge in [0.05, 0.1) is 7.11 Å². The molecule has 0 aromatic heterocycles. The fourth-order valence-electron chi connectivity index (χ4n) is 1.44. The number of halogens is 2. The Kier molecular flexibility index (Phi) is 5.56. The Morgan fingerprint density at radius 3 is 2.69 bits per heavy atom. The summed E-state index contributed by atoms with van der Waals surface area (Å²) in [5, 5.41) is 0. The van der Waals surface area contributed by atoms with Crippen molar-refractivity contribution in [1.29, 1.82) is 0 Å². The minimum atomic E-state index is -0.306. The first-order chi connectivity index (χ1) is 7.67. The van der Waals surface area contributed by atoms with Gasteiger partial charge in [0, 0.05) is 19.0 Å². The van der Waals surface area contributed by atoms with Gasteiger partial charge in [0.25, 0.3) is 0 Å². The lowest BCUT2D eigenvalue weighted by atomic mass is 10.1. The molecule has 1 aromatic rings. The van der Waals surface area contributed by atoms with Crippen LogP contribution in [0.5, 0.6) is 5.75 Å². The third-order valence-corrected chi connectivity index (χ3v) is 2.63. The van der Waals surface area contributed by atoms with E-state index in [9.17, 15) is 4.39 Å². The van der Waals surface area contributed by atoms with Gasteiger partial charge in [-0.25, -0.2) is 4.39 Å². The van der Waals surface area contributed by atoms with Crippen LogP contribution in [-0.2, 0) is 6.42 Å². The first kappa shape index (κ1) is 13.3. The molecule has 0 aliphatic heterocycles. The standard InChI is InChI=1S/C12H17ClFNO/c1-15(8-6-13)7-5-10-3-4-12(16-2)11(14)9-10/h3-4,9H,5-8H2,1-2H3. The predicted molar refractivity (Wildman–Crippen MR) is 64.9 cm³/mol. The van der Waals surface area contributed by atoms with Crippen molar-refractivity contribution < 1.29 is 9.13 Å². The summed E-state index contributed by atoms with van der Waals surface area (Å²) < 4.78 is 18.2. The van der Waals surface area contributed by atoms with Gasteiger partial charge in [-0.2, -0.15) is 0 Å². The van der Waals surface area contributed by atoms with Crippen LogP contribution in [0.4, 0.5) is 4.39 Å². The summed E-state index contributed by atoms with van der Waals surface area (Å²) in [6.07, 6.45) is 0.814. The van der Waals surface area contributed by atoms with Gasteiger partial charge < -0.3 is 9.64 Å². The van der Waals surface area contributed by atoms with Crippen molar-refractivity contribution in [1.82, 2.24) is 4.90 Å². The quantitative estimate of drug-likeness (QED) is 0.715. The van der Waals surface area contributed by atoms with Gasteiger partial charge in [-0.05, 0) is 31.2 Å². The summed E-state index contributed by atoms with van der Waals surface area (Å²) in [4.78, 5) is 2.12. The van der Waals surface area contributed by atoms with E-state index < -0.39 is 0 Å². The highest BCUT2D eigenvalue weighted by Gasteiger charge is 2.04. The molecule has 0 aliphatic rings. The van der Waals surface area contributed by atoms with Crippen LogP contribution < -0.4 is 4.74 Å². The molecule has 0 amide bonds. The monoisotopic (exact) mass is 245 g/mol. The number of benzene rings is 1. The molecule has 2 nitrogen and oxygen atoms in total. The second kappa shape index (κ2) is 6.71. The van der Waals surface area contributed by atoms with Crippen LogP contribution in [0.3, 0.4) is 0 Å². The fraction of sp³-hybridized carbons (Fsp3) is 0.500. The van der Waals surface area contributed by atoms with Crippen molar-refractivity contribution in [2.45, 2.75) is 6.42 Å². The van der Waals surface area contributed by atoms with Gasteiger partial charge in [-0.3, -0.25) is 0 Å². The van der Waals surface area contributed by atoms with Gasteiger partial charge in [-0.15, -0.1) is 11.6 Å². The zero-order valence-electron chi connectivity index (χ0n) is 9.67. The van der Waals surface area contributed by atoms with Crippen molar-refractivity contribution >= 4 is 11.6 Å². The van der Waals surface area contributed by atoms with E-state index in [2.05, 4.69) is 4.90 Å². The van der Waals surface area contributed by atoms with E-state index in [4.69, 9.17) is 16.3 Å². The van der Waals surface area contributed by atoms with Crippen molar-refractivity contribution in [2.75, 3.05) is 33.1 Å². The van der Waals surface area contributed by atoms with Crippen LogP contribution in [-0.4, -0.2) is 38.0 Å². The van der Waals surface area contributed by atoms with E-state index in [1.54, 1.807) is 6.07 Å². The normalized spacial score (nSPS) is 10.8. The van der Waals surface area contributed by atoms with Crippen LogP contribution in [0.1, 0.15) is 5.56 Å². The first-order valence-corrected chi connectivity index (χ1v) is 5.77. The van der Waals surface area contributed by atoms with Gasteiger partial charge in [0.15, 0.2) is 11.6 Å². The molecule has 0 heterocycles. The summed E-state index contributed by atoms with van der Waals surface area (Å²) >= 11 is 5.62. The Morgan fingerprint density at radius 1 is 1.38 bits per heavy atom. The van der Waals surface area contributed by atoms with E-state index >= 15 is 0 Å². The smallest absolute Gasteiger partial charge is 0.165 e. The van der Waals surface area contributed by atoms with Crippen molar-refractivity contribution in [3.63, 3.8) is 0 Å². The topological polar surface area (TPSA) is 12.5 Å². The molecule has 4 heteroatoms. The SMILES string of the molecule is COc1ccc(CCN(C)CCCl)cc1F. The molecule has 0 unspecified atom stereocenters. The van der Waals surface area contributed by atoms with Gasteiger partial charge in [-0.1, -0.05) is 6.07 Å². The molecule has 1 rings (SSSR count). The minimum absolute atomic E-state index is 0.290. The molecule has 1 aromatic carbocycles. The first-order valence-electron chi connectivity index (χ1n) is 5.24. The van der Waals surface area contributed by atoms with Crippen LogP contribution in [0.15, 0.2) is 18.2 Å². The van der Waals surface area contributed by atoms with Crippen molar-refractivity contribution in [3.05, 3.63) is 29.6 Å². The molecule has 0 atom stereocenters. The number of methoxy groups -OCH3 is 1. The predicted octanol–water partition coefficient (Wildman–Crippen LogP) is 2.55. The largest absolute Gasteiger partial charge is 0.494 e. The lowest BCUT2D eigenvalue weighted by Gasteiger charge is -2.14. The average molecular weight is 246 g/mol. The fourth-order valence-corrected chi connectivity index (χ4v) is 1.73. The Balaban J connectivity index is 2.51. The lowest BCUT2D eigenvalue weighted by molar-refractivity contribution is 0.358. The van der Waals surface area contributed by atoms with E-state index in [-0.39, 0.29) is 11.6 Å². The Labute approximate surface area is 101 Å². The molecule has 0 aliphatic carbocycles. The highest BCUT2D eigenvalue weighted by atomic mass is 35.5. The number of alkyl halides is 1. The molecular formula is C12H17ClFNO. The maximum atomic E-state index is 13.4. The molecule has 0 saturated carbocycles. The third kappa shape index (κ3) is 3.99. The minimum Gasteiger partial charge on any atom is -0.494 e. The molecule has 0 saturated heterocycles. The average Bonchev–Trinajstić information content (AvgIpc) is 2.27. The molecule has 90 valence electrons.